The van der Waals surface area contributed by atoms with Gasteiger partial charge in [0.15, 0.2) is 0 Å². The molecule has 0 radical (unpaired) electrons. The molecule has 1 heterocycles. The van der Waals surface area contributed by atoms with Crippen molar-refractivity contribution < 1.29 is 4.42 Å². The van der Waals surface area contributed by atoms with Crippen molar-refractivity contribution >= 4 is 11.0 Å². The van der Waals surface area contributed by atoms with E-state index in [9.17, 15) is 0 Å². The topological polar surface area (TPSA) is 13.1 Å². The Hall–Kier alpha value is -1.24. The van der Waals surface area contributed by atoms with Crippen molar-refractivity contribution in [3.05, 3.63) is 35.1 Å². The first-order valence-corrected chi connectivity index (χ1v) is 6.14. The highest BCUT2D eigenvalue weighted by molar-refractivity contribution is 5.84. The Morgan fingerprint density at radius 1 is 0.875 bits per heavy atom. The summed E-state index contributed by atoms with van der Waals surface area (Å²) in [6.45, 7) is 14.3. The molecule has 0 unspecified atom stereocenters. The summed E-state index contributed by atoms with van der Waals surface area (Å²) in [5.74, 6) is 0. The molecular formula is C15H24O. The fraction of sp³-hybridized carbons (Fsp3) is 0.467. The minimum absolute atomic E-state index is 1.03. The molecule has 0 aliphatic rings. The van der Waals surface area contributed by atoms with E-state index >= 15 is 0 Å². The number of fused-ring (bicyclic) bond motifs is 1. The molecule has 0 spiro atoms. The maximum absolute atomic E-state index is 5.38. The third-order valence-corrected chi connectivity index (χ3v) is 2.45. The van der Waals surface area contributed by atoms with Crippen LogP contribution in [0.5, 0.6) is 0 Å². The molecule has 2 aromatic rings. The lowest BCUT2D eigenvalue weighted by Crippen LogP contribution is -1.83. The van der Waals surface area contributed by atoms with Gasteiger partial charge in [-0.25, -0.2) is 0 Å². The zero-order chi connectivity index (χ0) is 12.7. The first-order chi connectivity index (χ1) is 7.70. The molecule has 16 heavy (non-hydrogen) atoms. The molecule has 0 atom stereocenters. The van der Waals surface area contributed by atoms with E-state index in [4.69, 9.17) is 4.42 Å². The van der Waals surface area contributed by atoms with E-state index in [-0.39, 0.29) is 0 Å². The Morgan fingerprint density at radius 2 is 1.44 bits per heavy atom. The predicted molar refractivity (Wildman–Crippen MR) is 73.1 cm³/mol. The number of rotatable bonds is 0. The number of benzene rings is 1. The summed E-state index contributed by atoms with van der Waals surface area (Å²) < 4.78 is 5.38. The Balaban J connectivity index is 0.000000509. The molecule has 1 aromatic carbocycles. The highest BCUT2D eigenvalue weighted by Gasteiger charge is 2.05. The maximum Gasteiger partial charge on any atom is 0.137 e. The predicted octanol–water partition coefficient (Wildman–Crippen LogP) is 5.41. The first-order valence-electron chi connectivity index (χ1n) is 6.14. The molecule has 1 heteroatoms. The van der Waals surface area contributed by atoms with Gasteiger partial charge in [-0.2, -0.15) is 0 Å². The smallest absolute Gasteiger partial charge is 0.137 e. The number of furan rings is 1. The zero-order valence-electron chi connectivity index (χ0n) is 11.6. The van der Waals surface area contributed by atoms with E-state index in [1.54, 1.807) is 6.26 Å². The summed E-state index contributed by atoms with van der Waals surface area (Å²) >= 11 is 0. The van der Waals surface area contributed by atoms with Crippen molar-refractivity contribution in [1.29, 1.82) is 0 Å². The minimum atomic E-state index is 1.03. The molecular weight excluding hydrogens is 196 g/mol. The van der Waals surface area contributed by atoms with E-state index < -0.39 is 0 Å². The van der Waals surface area contributed by atoms with Crippen LogP contribution in [0.15, 0.2) is 22.8 Å². The van der Waals surface area contributed by atoms with E-state index in [2.05, 4.69) is 26.8 Å². The molecule has 0 aliphatic heterocycles. The lowest BCUT2D eigenvalue weighted by Gasteiger charge is -2.02. The quantitative estimate of drug-likeness (QED) is 0.578. The SMILES string of the molecule is CC.CC.Cc1cc(C)c2occc2c1C. The molecule has 0 aliphatic carbocycles. The van der Waals surface area contributed by atoms with Crippen LogP contribution in [0.25, 0.3) is 11.0 Å². The monoisotopic (exact) mass is 220 g/mol. The number of hydrogen-bond donors (Lipinski definition) is 0. The van der Waals surface area contributed by atoms with Crippen molar-refractivity contribution in [1.82, 2.24) is 0 Å². The van der Waals surface area contributed by atoms with E-state index in [0.29, 0.717) is 0 Å². The first kappa shape index (κ1) is 14.8. The second kappa shape index (κ2) is 7.10. The molecule has 0 saturated heterocycles. The van der Waals surface area contributed by atoms with E-state index in [0.717, 1.165) is 5.58 Å². The van der Waals surface area contributed by atoms with Crippen LogP contribution in [0.3, 0.4) is 0 Å². The molecule has 2 rings (SSSR count). The molecule has 0 bridgehead atoms. The lowest BCUT2D eigenvalue weighted by atomic mass is 10.0. The standard InChI is InChI=1S/C11H12O.2C2H6/c1-7-6-8(2)11-10(9(7)3)4-5-12-11;2*1-2/h4-6H,1-3H3;2*1-2H3. The normalized spacial score (nSPS) is 8.94. The molecule has 90 valence electrons. The van der Waals surface area contributed by atoms with Crippen LogP contribution in [-0.2, 0) is 0 Å². The fourth-order valence-electron chi connectivity index (χ4n) is 1.62. The van der Waals surface area contributed by atoms with Gasteiger partial charge in [0.25, 0.3) is 0 Å². The van der Waals surface area contributed by atoms with Gasteiger partial charge >= 0.3 is 0 Å². The maximum atomic E-state index is 5.38. The van der Waals surface area contributed by atoms with Gasteiger partial charge in [-0.3, -0.25) is 0 Å². The van der Waals surface area contributed by atoms with Gasteiger partial charge < -0.3 is 4.42 Å². The molecule has 1 aromatic heterocycles. The fourth-order valence-corrected chi connectivity index (χ4v) is 1.62. The lowest BCUT2D eigenvalue weighted by molar-refractivity contribution is 0.613. The van der Waals surface area contributed by atoms with Crippen LogP contribution < -0.4 is 0 Å². The van der Waals surface area contributed by atoms with Gasteiger partial charge in [0.1, 0.15) is 5.58 Å². The Bertz CT molecular complexity index is 424. The van der Waals surface area contributed by atoms with Gasteiger partial charge in [0.2, 0.25) is 0 Å². The molecule has 0 fully saturated rings. The summed E-state index contributed by atoms with van der Waals surface area (Å²) in [5.41, 5.74) is 4.90. The van der Waals surface area contributed by atoms with Gasteiger partial charge in [-0.05, 0) is 43.5 Å². The average Bonchev–Trinajstić information content (AvgIpc) is 2.81. The summed E-state index contributed by atoms with van der Waals surface area (Å²) in [7, 11) is 0. The van der Waals surface area contributed by atoms with Crippen LogP contribution >= 0.6 is 0 Å². The third-order valence-electron chi connectivity index (χ3n) is 2.45. The van der Waals surface area contributed by atoms with Crippen LogP contribution in [0.1, 0.15) is 44.4 Å². The van der Waals surface area contributed by atoms with Crippen LogP contribution in [-0.4, -0.2) is 0 Å². The van der Waals surface area contributed by atoms with Crippen LogP contribution in [0, 0.1) is 20.8 Å². The number of hydrogen-bond acceptors (Lipinski definition) is 1. The van der Waals surface area contributed by atoms with Crippen molar-refractivity contribution in [2.24, 2.45) is 0 Å². The molecule has 0 N–H and O–H groups in total. The number of aryl methyl sites for hydroxylation is 3. The largest absolute Gasteiger partial charge is 0.464 e. The van der Waals surface area contributed by atoms with Gasteiger partial charge in [0, 0.05) is 5.39 Å². The Kier molecular flexibility index (Phi) is 6.55. The third kappa shape index (κ3) is 2.88. The second-order valence-corrected chi connectivity index (χ2v) is 3.30. The van der Waals surface area contributed by atoms with E-state index in [1.165, 1.54) is 22.1 Å². The van der Waals surface area contributed by atoms with Gasteiger partial charge in [-0.15, -0.1) is 0 Å². The zero-order valence-corrected chi connectivity index (χ0v) is 11.6. The average molecular weight is 220 g/mol. The van der Waals surface area contributed by atoms with E-state index in [1.807, 2.05) is 33.8 Å². The van der Waals surface area contributed by atoms with Crippen molar-refractivity contribution in [3.63, 3.8) is 0 Å². The summed E-state index contributed by atoms with van der Waals surface area (Å²) in [4.78, 5) is 0. The Morgan fingerprint density at radius 3 is 2.00 bits per heavy atom. The Labute approximate surface area is 99.5 Å². The highest BCUT2D eigenvalue weighted by Crippen LogP contribution is 2.25. The van der Waals surface area contributed by atoms with Crippen molar-refractivity contribution in [3.8, 4) is 0 Å². The molecule has 1 nitrogen and oxygen atoms in total. The molecule has 0 amide bonds. The van der Waals surface area contributed by atoms with Crippen molar-refractivity contribution in [2.45, 2.75) is 48.5 Å². The highest BCUT2D eigenvalue weighted by atomic mass is 16.3. The minimum Gasteiger partial charge on any atom is -0.464 e. The van der Waals surface area contributed by atoms with Crippen LogP contribution in [0.2, 0.25) is 0 Å². The van der Waals surface area contributed by atoms with Crippen molar-refractivity contribution in [2.75, 3.05) is 0 Å². The second-order valence-electron chi connectivity index (χ2n) is 3.30. The summed E-state index contributed by atoms with van der Waals surface area (Å²) in [6, 6.07) is 4.20. The summed E-state index contributed by atoms with van der Waals surface area (Å²) in [6.07, 6.45) is 1.75. The van der Waals surface area contributed by atoms with Gasteiger partial charge in [0.05, 0.1) is 6.26 Å². The summed E-state index contributed by atoms with van der Waals surface area (Å²) in [5, 5.41) is 1.24. The molecule has 0 saturated carbocycles. The van der Waals surface area contributed by atoms with Gasteiger partial charge in [-0.1, -0.05) is 33.8 Å². The van der Waals surface area contributed by atoms with Crippen LogP contribution in [0.4, 0.5) is 0 Å².